The number of hydrogen-bond acceptors (Lipinski definition) is 5. The summed E-state index contributed by atoms with van der Waals surface area (Å²) in [4.78, 5) is 4.20. The largest absolute Gasteiger partial charge is 0.268 e. The van der Waals surface area contributed by atoms with E-state index >= 15 is 0 Å². The Labute approximate surface area is 141 Å². The van der Waals surface area contributed by atoms with Crippen LogP contribution < -0.4 is 4.72 Å². The maximum absolute atomic E-state index is 12.7. The van der Waals surface area contributed by atoms with Gasteiger partial charge in [0.25, 0.3) is 10.0 Å². The fraction of sp³-hybridized carbons (Fsp3) is 0.308. The van der Waals surface area contributed by atoms with Crippen molar-refractivity contribution in [3.8, 4) is 0 Å². The van der Waals surface area contributed by atoms with Gasteiger partial charge in [0, 0.05) is 30.7 Å². The third kappa shape index (κ3) is 2.95. The standard InChI is InChI=1S/C13H15BrN6O2S/c1-8(2)19-5-4-11(17-19)18-23(21,22)12-9(3)16-20-7-10(14)6-15-13(12)20/h4-8H,1-3H3,(H,17,18). The first-order chi connectivity index (χ1) is 10.8. The Balaban J connectivity index is 2.04. The van der Waals surface area contributed by atoms with Gasteiger partial charge >= 0.3 is 0 Å². The van der Waals surface area contributed by atoms with Crippen molar-refractivity contribution in [2.24, 2.45) is 0 Å². The average molecular weight is 399 g/mol. The van der Waals surface area contributed by atoms with Crippen molar-refractivity contribution in [2.75, 3.05) is 4.72 Å². The lowest BCUT2D eigenvalue weighted by atomic mass is 10.4. The van der Waals surface area contributed by atoms with Gasteiger partial charge in [-0.05, 0) is 36.7 Å². The number of halogens is 1. The van der Waals surface area contributed by atoms with Crippen LogP contribution in [0, 0.1) is 6.92 Å². The maximum Gasteiger partial charge on any atom is 0.268 e. The molecule has 0 fully saturated rings. The van der Waals surface area contributed by atoms with Gasteiger partial charge in [-0.1, -0.05) is 0 Å². The van der Waals surface area contributed by atoms with E-state index < -0.39 is 10.0 Å². The first-order valence-corrected chi connectivity index (χ1v) is 9.14. The molecule has 3 aromatic rings. The number of aryl methyl sites for hydroxylation is 1. The minimum atomic E-state index is -3.84. The fourth-order valence-electron chi connectivity index (χ4n) is 2.18. The van der Waals surface area contributed by atoms with Gasteiger partial charge in [-0.3, -0.25) is 9.40 Å². The van der Waals surface area contributed by atoms with E-state index in [9.17, 15) is 8.42 Å². The zero-order chi connectivity index (χ0) is 16.8. The van der Waals surface area contributed by atoms with Crippen molar-refractivity contribution in [3.05, 3.63) is 34.8 Å². The third-order valence-corrected chi connectivity index (χ3v) is 5.11. The van der Waals surface area contributed by atoms with Gasteiger partial charge in [0.15, 0.2) is 16.4 Å². The summed E-state index contributed by atoms with van der Waals surface area (Å²) in [6.45, 7) is 5.55. The Morgan fingerprint density at radius 3 is 2.70 bits per heavy atom. The van der Waals surface area contributed by atoms with Crippen LogP contribution in [-0.4, -0.2) is 32.8 Å². The second kappa shape index (κ2) is 5.60. The van der Waals surface area contributed by atoms with Crippen molar-refractivity contribution < 1.29 is 8.42 Å². The lowest BCUT2D eigenvalue weighted by Crippen LogP contribution is -2.15. The molecule has 122 valence electrons. The molecule has 0 radical (unpaired) electrons. The van der Waals surface area contributed by atoms with Crippen molar-refractivity contribution in [1.82, 2.24) is 24.4 Å². The van der Waals surface area contributed by atoms with Crippen LogP contribution in [0.4, 0.5) is 5.82 Å². The predicted octanol–water partition coefficient (Wildman–Crippen LogP) is 2.38. The third-order valence-electron chi connectivity index (χ3n) is 3.21. The zero-order valence-corrected chi connectivity index (χ0v) is 15.1. The van der Waals surface area contributed by atoms with Crippen molar-refractivity contribution in [2.45, 2.75) is 31.7 Å². The van der Waals surface area contributed by atoms with Gasteiger partial charge in [0.05, 0.1) is 10.2 Å². The van der Waals surface area contributed by atoms with E-state index in [0.717, 1.165) is 0 Å². The molecule has 1 N–H and O–H groups in total. The molecule has 3 heterocycles. The Bertz CT molecular complexity index is 976. The van der Waals surface area contributed by atoms with Crippen molar-refractivity contribution >= 4 is 37.4 Å². The topological polar surface area (TPSA) is 94.2 Å². The Kier molecular flexibility index (Phi) is 3.88. The molecule has 3 aromatic heterocycles. The summed E-state index contributed by atoms with van der Waals surface area (Å²) in [5, 5.41) is 8.39. The number of nitrogens with one attached hydrogen (secondary N) is 1. The van der Waals surface area contributed by atoms with E-state index in [1.165, 1.54) is 10.7 Å². The number of rotatable bonds is 4. The number of fused-ring (bicyclic) bond motifs is 1. The predicted molar refractivity (Wildman–Crippen MR) is 88.8 cm³/mol. The first kappa shape index (κ1) is 15.9. The Morgan fingerprint density at radius 1 is 1.30 bits per heavy atom. The highest BCUT2D eigenvalue weighted by atomic mass is 79.9. The molecule has 3 rings (SSSR count). The van der Waals surface area contributed by atoms with Gasteiger partial charge in [0.2, 0.25) is 0 Å². The van der Waals surface area contributed by atoms with E-state index in [-0.39, 0.29) is 22.4 Å². The SMILES string of the molecule is Cc1nn2cc(Br)cnc2c1S(=O)(=O)Nc1ccn(C(C)C)n1. The molecule has 0 saturated carbocycles. The van der Waals surface area contributed by atoms with Gasteiger partial charge in [-0.15, -0.1) is 0 Å². The second-order valence-electron chi connectivity index (χ2n) is 5.34. The first-order valence-electron chi connectivity index (χ1n) is 6.86. The number of aromatic nitrogens is 5. The van der Waals surface area contributed by atoms with E-state index in [4.69, 9.17) is 0 Å². The zero-order valence-electron chi connectivity index (χ0n) is 12.7. The maximum atomic E-state index is 12.7. The monoisotopic (exact) mass is 398 g/mol. The molecule has 0 unspecified atom stereocenters. The molecule has 0 atom stereocenters. The summed E-state index contributed by atoms with van der Waals surface area (Å²) >= 11 is 3.29. The lowest BCUT2D eigenvalue weighted by molar-refractivity contribution is 0.534. The van der Waals surface area contributed by atoms with E-state index in [2.05, 4.69) is 35.8 Å². The van der Waals surface area contributed by atoms with Crippen LogP contribution in [0.25, 0.3) is 5.65 Å². The summed E-state index contributed by atoms with van der Waals surface area (Å²) < 4.78 is 31.7. The van der Waals surface area contributed by atoms with Crippen LogP contribution in [-0.2, 0) is 10.0 Å². The Hall–Kier alpha value is -1.94. The quantitative estimate of drug-likeness (QED) is 0.727. The van der Waals surface area contributed by atoms with E-state index in [0.29, 0.717) is 10.2 Å². The van der Waals surface area contributed by atoms with Crippen LogP contribution in [0.15, 0.2) is 34.0 Å². The summed E-state index contributed by atoms with van der Waals surface area (Å²) in [7, 11) is -3.84. The van der Waals surface area contributed by atoms with Crippen LogP contribution >= 0.6 is 15.9 Å². The van der Waals surface area contributed by atoms with E-state index in [1.807, 2.05) is 13.8 Å². The molecule has 23 heavy (non-hydrogen) atoms. The summed E-state index contributed by atoms with van der Waals surface area (Å²) in [5.41, 5.74) is 0.632. The molecule has 0 amide bonds. The molecule has 10 heteroatoms. The second-order valence-corrected chi connectivity index (χ2v) is 7.87. The summed E-state index contributed by atoms with van der Waals surface area (Å²) in [6.07, 6.45) is 4.91. The summed E-state index contributed by atoms with van der Waals surface area (Å²) in [6, 6.07) is 1.76. The van der Waals surface area contributed by atoms with Gasteiger partial charge in [-0.2, -0.15) is 10.2 Å². The smallest absolute Gasteiger partial charge is 0.268 e. The van der Waals surface area contributed by atoms with Gasteiger partial charge in [-0.25, -0.2) is 17.9 Å². The number of anilines is 1. The highest BCUT2D eigenvalue weighted by molar-refractivity contribution is 9.10. The van der Waals surface area contributed by atoms with Crippen LogP contribution in [0.5, 0.6) is 0 Å². The fourth-order valence-corrected chi connectivity index (χ4v) is 3.78. The number of hydrogen-bond donors (Lipinski definition) is 1. The molecule has 0 aromatic carbocycles. The number of sulfonamides is 1. The van der Waals surface area contributed by atoms with Crippen LogP contribution in [0.1, 0.15) is 25.6 Å². The molecule has 0 bridgehead atoms. The lowest BCUT2D eigenvalue weighted by Gasteiger charge is -2.06. The molecule has 0 aliphatic heterocycles. The molecular formula is C13H15BrN6O2S. The molecule has 0 spiro atoms. The van der Waals surface area contributed by atoms with Crippen molar-refractivity contribution in [1.29, 1.82) is 0 Å². The average Bonchev–Trinajstić information content (AvgIpc) is 3.01. The molecule has 8 nitrogen and oxygen atoms in total. The molecular weight excluding hydrogens is 384 g/mol. The highest BCUT2D eigenvalue weighted by Crippen LogP contribution is 2.23. The van der Waals surface area contributed by atoms with Gasteiger partial charge in [0.1, 0.15) is 0 Å². The normalized spacial score (nSPS) is 12.2. The minimum absolute atomic E-state index is 0.0455. The van der Waals surface area contributed by atoms with E-state index in [1.54, 1.807) is 30.1 Å². The van der Waals surface area contributed by atoms with Crippen LogP contribution in [0.3, 0.4) is 0 Å². The molecule has 0 aliphatic carbocycles. The highest BCUT2D eigenvalue weighted by Gasteiger charge is 2.25. The minimum Gasteiger partial charge on any atom is -0.268 e. The van der Waals surface area contributed by atoms with Gasteiger partial charge < -0.3 is 0 Å². The Morgan fingerprint density at radius 2 is 2.04 bits per heavy atom. The van der Waals surface area contributed by atoms with Crippen molar-refractivity contribution in [3.63, 3.8) is 0 Å². The molecule has 0 aliphatic rings. The summed E-state index contributed by atoms with van der Waals surface area (Å²) in [5.74, 6) is 0.259. The number of nitrogens with zero attached hydrogens (tertiary/aromatic N) is 5. The van der Waals surface area contributed by atoms with Crippen LogP contribution in [0.2, 0.25) is 0 Å². The molecule has 0 saturated heterocycles.